The number of carbonyl (C=O) groups excluding carboxylic acids is 3. The van der Waals surface area contributed by atoms with Crippen LogP contribution in [0.4, 0.5) is 4.79 Å². The van der Waals surface area contributed by atoms with Crippen LogP contribution in [0.5, 0.6) is 5.75 Å². The molecule has 0 aliphatic carbocycles. The van der Waals surface area contributed by atoms with Crippen LogP contribution in [-0.2, 0) is 0 Å². The van der Waals surface area contributed by atoms with Crippen molar-refractivity contribution in [1.82, 2.24) is 14.8 Å². The Kier molecular flexibility index (Phi) is 7.32. The Bertz CT molecular complexity index is 1260. The van der Waals surface area contributed by atoms with Crippen molar-refractivity contribution in [1.29, 1.82) is 0 Å². The van der Waals surface area contributed by atoms with E-state index in [0.29, 0.717) is 46.9 Å². The summed E-state index contributed by atoms with van der Waals surface area (Å²) in [6.07, 6.45) is 2.15. The number of carbonyl (C=O) groups is 3. The molecule has 0 bridgehead atoms. The number of nitrogens with two attached hydrogens (primary N) is 1. The maximum absolute atomic E-state index is 12.7. The number of likely N-dealkylation sites (N-methyl/N-ethyl adjacent to an activating group) is 1. The average Bonchev–Trinajstić information content (AvgIpc) is 2.87. The first kappa shape index (κ1) is 23.8. The summed E-state index contributed by atoms with van der Waals surface area (Å²) in [6, 6.07) is 19.0. The third-order valence-electron chi connectivity index (χ3n) is 5.76. The van der Waals surface area contributed by atoms with E-state index in [-0.39, 0.29) is 11.7 Å². The van der Waals surface area contributed by atoms with E-state index >= 15 is 0 Å². The third-order valence-corrected chi connectivity index (χ3v) is 5.76. The lowest BCUT2D eigenvalue weighted by molar-refractivity contribution is 0.0663. The number of benzene rings is 2. The van der Waals surface area contributed by atoms with Crippen LogP contribution in [-0.4, -0.2) is 65.8 Å². The molecule has 178 valence electrons. The molecule has 8 nitrogen and oxygen atoms in total. The highest BCUT2D eigenvalue weighted by molar-refractivity contribution is 6.07. The van der Waals surface area contributed by atoms with Gasteiger partial charge in [0.1, 0.15) is 5.75 Å². The molecule has 1 aliphatic rings. The van der Waals surface area contributed by atoms with E-state index in [1.165, 1.54) is 6.08 Å². The van der Waals surface area contributed by atoms with E-state index in [0.717, 1.165) is 13.1 Å². The van der Waals surface area contributed by atoms with E-state index in [2.05, 4.69) is 9.88 Å². The van der Waals surface area contributed by atoms with Crippen molar-refractivity contribution in [2.45, 2.75) is 0 Å². The van der Waals surface area contributed by atoms with Crippen LogP contribution in [0.25, 0.3) is 17.3 Å². The van der Waals surface area contributed by atoms with Gasteiger partial charge < -0.3 is 20.3 Å². The van der Waals surface area contributed by atoms with Gasteiger partial charge in [-0.15, -0.1) is 0 Å². The van der Waals surface area contributed by atoms with Crippen LogP contribution in [0.1, 0.15) is 26.4 Å². The first-order valence-corrected chi connectivity index (χ1v) is 11.2. The lowest BCUT2D eigenvalue weighted by Gasteiger charge is -2.32. The normalized spacial score (nSPS) is 14.1. The lowest BCUT2D eigenvalue weighted by atomic mass is 10.1. The van der Waals surface area contributed by atoms with Gasteiger partial charge in [-0.1, -0.05) is 30.3 Å². The highest BCUT2D eigenvalue weighted by Crippen LogP contribution is 2.28. The maximum atomic E-state index is 12.7. The second-order valence-corrected chi connectivity index (χ2v) is 8.24. The zero-order valence-corrected chi connectivity index (χ0v) is 19.4. The maximum Gasteiger partial charge on any atom is 0.409 e. The Morgan fingerprint density at radius 1 is 0.886 bits per heavy atom. The molecule has 0 radical (unpaired) electrons. The van der Waals surface area contributed by atoms with Crippen LogP contribution in [0.2, 0.25) is 0 Å². The SMILES string of the molecule is CN1CCN(C(=O)c2ccc(C(=O)C=Cc3cccc(-c4ccccc4OC(N)=O)n3)cc2)CC1. The number of hydrogen-bond acceptors (Lipinski definition) is 6. The lowest BCUT2D eigenvalue weighted by Crippen LogP contribution is -2.47. The van der Waals surface area contributed by atoms with Gasteiger partial charge in [-0.05, 0) is 55.6 Å². The number of pyridine rings is 1. The monoisotopic (exact) mass is 470 g/mol. The van der Waals surface area contributed by atoms with Gasteiger partial charge in [0.2, 0.25) is 0 Å². The van der Waals surface area contributed by atoms with E-state index in [4.69, 9.17) is 10.5 Å². The smallest absolute Gasteiger partial charge is 0.409 e. The second-order valence-electron chi connectivity index (χ2n) is 8.24. The van der Waals surface area contributed by atoms with E-state index in [9.17, 15) is 14.4 Å². The number of ketones is 1. The minimum Gasteiger partial charge on any atom is -0.410 e. The molecule has 3 aromatic rings. The van der Waals surface area contributed by atoms with E-state index in [1.807, 2.05) is 11.9 Å². The van der Waals surface area contributed by atoms with E-state index < -0.39 is 6.09 Å². The molecule has 1 saturated heterocycles. The number of para-hydroxylation sites is 1. The first-order chi connectivity index (χ1) is 16.9. The Hall–Kier alpha value is -4.30. The van der Waals surface area contributed by atoms with Gasteiger partial charge in [-0.3, -0.25) is 9.59 Å². The average molecular weight is 471 g/mol. The first-order valence-electron chi connectivity index (χ1n) is 11.2. The number of allylic oxidation sites excluding steroid dienone is 1. The fourth-order valence-electron chi connectivity index (χ4n) is 3.80. The Labute approximate surface area is 203 Å². The number of primary amides is 1. The van der Waals surface area contributed by atoms with Crippen LogP contribution >= 0.6 is 0 Å². The summed E-state index contributed by atoms with van der Waals surface area (Å²) in [6.45, 7) is 3.10. The Morgan fingerprint density at radius 3 is 2.29 bits per heavy atom. The third kappa shape index (κ3) is 5.99. The molecule has 4 rings (SSSR count). The fourth-order valence-corrected chi connectivity index (χ4v) is 3.80. The molecule has 2 heterocycles. The summed E-state index contributed by atoms with van der Waals surface area (Å²) in [5.74, 6) is 0.0819. The summed E-state index contributed by atoms with van der Waals surface area (Å²) >= 11 is 0. The predicted octanol–water partition coefficient (Wildman–Crippen LogP) is 3.49. The summed E-state index contributed by atoms with van der Waals surface area (Å²) in [5, 5.41) is 0. The van der Waals surface area contributed by atoms with Crippen molar-refractivity contribution in [2.24, 2.45) is 5.73 Å². The summed E-state index contributed by atoms with van der Waals surface area (Å²) in [5.41, 5.74) is 7.94. The van der Waals surface area contributed by atoms with Gasteiger partial charge in [0.25, 0.3) is 5.91 Å². The largest absolute Gasteiger partial charge is 0.410 e. The van der Waals surface area contributed by atoms with Gasteiger partial charge in [0, 0.05) is 42.9 Å². The van der Waals surface area contributed by atoms with Crippen LogP contribution in [0.3, 0.4) is 0 Å². The molecule has 0 spiro atoms. The highest BCUT2D eigenvalue weighted by atomic mass is 16.5. The van der Waals surface area contributed by atoms with Crippen molar-refractivity contribution in [2.75, 3.05) is 33.2 Å². The van der Waals surface area contributed by atoms with Crippen molar-refractivity contribution < 1.29 is 19.1 Å². The summed E-state index contributed by atoms with van der Waals surface area (Å²) < 4.78 is 5.06. The minimum absolute atomic E-state index is 0.0192. The molecule has 2 aromatic carbocycles. The number of piperazine rings is 1. The number of aromatic nitrogens is 1. The van der Waals surface area contributed by atoms with Crippen molar-refractivity contribution in [3.8, 4) is 17.0 Å². The number of hydrogen-bond donors (Lipinski definition) is 1. The number of amides is 2. The molecule has 1 aliphatic heterocycles. The molecular formula is C27H26N4O4. The van der Waals surface area contributed by atoms with Gasteiger partial charge in [0.15, 0.2) is 5.78 Å². The molecule has 35 heavy (non-hydrogen) atoms. The minimum atomic E-state index is -0.907. The Balaban J connectivity index is 1.45. The number of ether oxygens (including phenoxy) is 1. The molecule has 2 N–H and O–H groups in total. The summed E-state index contributed by atoms with van der Waals surface area (Å²) in [7, 11) is 2.04. The number of nitrogens with zero attached hydrogens (tertiary/aromatic N) is 3. The van der Waals surface area contributed by atoms with Crippen LogP contribution in [0.15, 0.2) is 72.8 Å². The fraction of sp³-hybridized carbons (Fsp3) is 0.185. The highest BCUT2D eigenvalue weighted by Gasteiger charge is 2.20. The van der Waals surface area contributed by atoms with Crippen molar-refractivity contribution in [3.05, 3.63) is 89.6 Å². The topological polar surface area (TPSA) is 106 Å². The standard InChI is InChI=1S/C27H26N4O4/c1-30-15-17-31(18-16-30)26(33)20-11-9-19(10-12-20)24(32)14-13-21-5-4-7-23(29-21)22-6-2-3-8-25(22)35-27(28)34/h2-14H,15-18H2,1H3,(H2,28,34). The quantitative estimate of drug-likeness (QED) is 0.437. The van der Waals surface area contributed by atoms with Crippen molar-refractivity contribution in [3.63, 3.8) is 0 Å². The molecule has 0 unspecified atom stereocenters. The molecule has 0 atom stereocenters. The second kappa shape index (κ2) is 10.8. The van der Waals surface area contributed by atoms with Gasteiger partial charge >= 0.3 is 6.09 Å². The zero-order valence-electron chi connectivity index (χ0n) is 19.4. The molecule has 8 heteroatoms. The zero-order chi connectivity index (χ0) is 24.8. The molecule has 1 aromatic heterocycles. The van der Waals surface area contributed by atoms with Crippen LogP contribution in [0, 0.1) is 0 Å². The van der Waals surface area contributed by atoms with E-state index in [1.54, 1.807) is 72.8 Å². The predicted molar refractivity (Wildman–Crippen MR) is 133 cm³/mol. The number of rotatable bonds is 6. The van der Waals surface area contributed by atoms with Gasteiger partial charge in [-0.2, -0.15) is 0 Å². The van der Waals surface area contributed by atoms with Gasteiger partial charge in [-0.25, -0.2) is 9.78 Å². The molecule has 2 amide bonds. The molecule has 1 fully saturated rings. The summed E-state index contributed by atoms with van der Waals surface area (Å²) in [4.78, 5) is 45.1. The van der Waals surface area contributed by atoms with Gasteiger partial charge in [0.05, 0.1) is 11.4 Å². The van der Waals surface area contributed by atoms with Crippen molar-refractivity contribution >= 4 is 23.9 Å². The Morgan fingerprint density at radius 2 is 1.57 bits per heavy atom. The molecule has 0 saturated carbocycles. The molecular weight excluding hydrogens is 444 g/mol. The van der Waals surface area contributed by atoms with Crippen LogP contribution < -0.4 is 10.5 Å².